The average Bonchev–Trinajstić information content (AvgIpc) is 2.26. The second-order valence-electron chi connectivity index (χ2n) is 4.10. The maximum absolute atomic E-state index is 11.2. The summed E-state index contributed by atoms with van der Waals surface area (Å²) in [6, 6.07) is 7.47. The molecular formula is C13H15ClO3. The molecule has 4 heteroatoms. The van der Waals surface area contributed by atoms with Crippen molar-refractivity contribution >= 4 is 23.4 Å². The number of halogens is 1. The van der Waals surface area contributed by atoms with Gasteiger partial charge in [0.05, 0.1) is 0 Å². The van der Waals surface area contributed by atoms with E-state index >= 15 is 0 Å². The molecule has 1 N–H and O–H groups in total. The Kier molecular flexibility index (Phi) is 5.16. The predicted octanol–water partition coefficient (Wildman–Crippen LogP) is 3.27. The Hall–Kier alpha value is -1.35. The number of hydrogen-bond donors (Lipinski definition) is 1. The second-order valence-corrected chi connectivity index (χ2v) is 4.54. The van der Waals surface area contributed by atoms with Gasteiger partial charge in [-0.2, -0.15) is 0 Å². The molecule has 3 nitrogen and oxygen atoms in total. The van der Waals surface area contributed by atoms with Gasteiger partial charge in [0.25, 0.3) is 0 Å². The highest BCUT2D eigenvalue weighted by Crippen LogP contribution is 2.22. The minimum atomic E-state index is -1.06. The molecule has 17 heavy (non-hydrogen) atoms. The van der Waals surface area contributed by atoms with Crippen molar-refractivity contribution in [2.75, 3.05) is 0 Å². The number of carbonyl (C=O) groups is 2. The monoisotopic (exact) mass is 254 g/mol. The van der Waals surface area contributed by atoms with Crippen molar-refractivity contribution in [3.63, 3.8) is 0 Å². The van der Waals surface area contributed by atoms with Crippen LogP contribution in [0.15, 0.2) is 24.3 Å². The number of rotatable bonds is 6. The standard InChI is InChI=1S/C13H15ClO3/c1-9(2-7-12(15)8-13(16)17)10-3-5-11(14)6-4-10/h3-6,9H,2,7-8H2,1H3,(H,16,17). The molecule has 0 bridgehead atoms. The number of Topliss-reactive ketones (excluding diaryl/α,β-unsaturated/α-hetero) is 1. The van der Waals surface area contributed by atoms with E-state index in [0.717, 1.165) is 5.56 Å². The van der Waals surface area contributed by atoms with Crippen LogP contribution in [0.4, 0.5) is 0 Å². The Morgan fingerprint density at radius 1 is 1.29 bits per heavy atom. The Bertz CT molecular complexity index is 398. The highest BCUT2D eigenvalue weighted by molar-refractivity contribution is 6.30. The van der Waals surface area contributed by atoms with E-state index in [4.69, 9.17) is 16.7 Å². The van der Waals surface area contributed by atoms with Crippen molar-refractivity contribution in [1.29, 1.82) is 0 Å². The van der Waals surface area contributed by atoms with Gasteiger partial charge in [-0.05, 0) is 30.0 Å². The first-order valence-corrected chi connectivity index (χ1v) is 5.86. The van der Waals surface area contributed by atoms with E-state index in [1.165, 1.54) is 0 Å². The van der Waals surface area contributed by atoms with E-state index in [2.05, 4.69) is 0 Å². The van der Waals surface area contributed by atoms with E-state index in [-0.39, 0.29) is 18.1 Å². The molecule has 0 spiro atoms. The number of ketones is 1. The lowest BCUT2D eigenvalue weighted by molar-refractivity contribution is -0.140. The predicted molar refractivity (Wildman–Crippen MR) is 66.4 cm³/mol. The highest BCUT2D eigenvalue weighted by atomic mass is 35.5. The lowest BCUT2D eigenvalue weighted by atomic mass is 9.95. The van der Waals surface area contributed by atoms with Crippen LogP contribution in [-0.4, -0.2) is 16.9 Å². The summed E-state index contributed by atoms with van der Waals surface area (Å²) in [5.74, 6) is -1.06. The first-order valence-electron chi connectivity index (χ1n) is 5.48. The van der Waals surface area contributed by atoms with E-state index in [1.807, 2.05) is 31.2 Å². The van der Waals surface area contributed by atoms with Crippen LogP contribution in [-0.2, 0) is 9.59 Å². The minimum absolute atomic E-state index is 0.224. The van der Waals surface area contributed by atoms with Crippen LogP contribution in [0.3, 0.4) is 0 Å². The fraction of sp³-hybridized carbons (Fsp3) is 0.385. The number of carbonyl (C=O) groups excluding carboxylic acids is 1. The summed E-state index contributed by atoms with van der Waals surface area (Å²) in [6.07, 6.45) is 0.581. The SMILES string of the molecule is CC(CCC(=O)CC(=O)O)c1ccc(Cl)cc1. The third kappa shape index (κ3) is 5.00. The average molecular weight is 255 g/mol. The van der Waals surface area contributed by atoms with Gasteiger partial charge in [-0.25, -0.2) is 0 Å². The van der Waals surface area contributed by atoms with Crippen molar-refractivity contribution in [2.45, 2.75) is 32.1 Å². The van der Waals surface area contributed by atoms with Crippen molar-refractivity contribution in [3.05, 3.63) is 34.9 Å². The third-order valence-electron chi connectivity index (χ3n) is 2.64. The number of benzene rings is 1. The highest BCUT2D eigenvalue weighted by Gasteiger charge is 2.11. The Morgan fingerprint density at radius 3 is 2.41 bits per heavy atom. The molecule has 0 heterocycles. The van der Waals surface area contributed by atoms with Gasteiger partial charge in [0, 0.05) is 11.4 Å². The zero-order chi connectivity index (χ0) is 12.8. The van der Waals surface area contributed by atoms with E-state index < -0.39 is 5.97 Å². The van der Waals surface area contributed by atoms with E-state index in [1.54, 1.807) is 0 Å². The van der Waals surface area contributed by atoms with Crippen LogP contribution in [0, 0.1) is 0 Å². The van der Waals surface area contributed by atoms with Gasteiger partial charge < -0.3 is 5.11 Å². The zero-order valence-corrected chi connectivity index (χ0v) is 10.4. The van der Waals surface area contributed by atoms with Gasteiger partial charge in [0.15, 0.2) is 0 Å². The quantitative estimate of drug-likeness (QED) is 0.793. The molecule has 0 aliphatic carbocycles. The fourth-order valence-corrected chi connectivity index (χ4v) is 1.72. The molecule has 0 saturated carbocycles. The van der Waals surface area contributed by atoms with Gasteiger partial charge >= 0.3 is 5.97 Å². The molecule has 1 aromatic rings. The molecule has 0 radical (unpaired) electrons. The van der Waals surface area contributed by atoms with Crippen LogP contribution < -0.4 is 0 Å². The second kappa shape index (κ2) is 6.40. The molecule has 0 saturated heterocycles. The van der Waals surface area contributed by atoms with Gasteiger partial charge in [-0.15, -0.1) is 0 Å². The lowest BCUT2D eigenvalue weighted by Gasteiger charge is -2.10. The topological polar surface area (TPSA) is 54.4 Å². The van der Waals surface area contributed by atoms with Crippen molar-refractivity contribution < 1.29 is 14.7 Å². The van der Waals surface area contributed by atoms with Gasteiger partial charge in [-0.1, -0.05) is 30.7 Å². The number of carboxylic acid groups (broad SMARTS) is 1. The lowest BCUT2D eigenvalue weighted by Crippen LogP contribution is -2.07. The van der Waals surface area contributed by atoms with Crippen LogP contribution in [0.1, 0.15) is 37.7 Å². The van der Waals surface area contributed by atoms with Crippen molar-refractivity contribution in [1.82, 2.24) is 0 Å². The summed E-state index contributed by atoms with van der Waals surface area (Å²) in [5, 5.41) is 9.14. The first kappa shape index (κ1) is 13.7. The molecular weight excluding hydrogens is 240 g/mol. The molecule has 0 amide bonds. The summed E-state index contributed by atoms with van der Waals surface area (Å²) in [7, 11) is 0. The third-order valence-corrected chi connectivity index (χ3v) is 2.90. The minimum Gasteiger partial charge on any atom is -0.481 e. The summed E-state index contributed by atoms with van der Waals surface area (Å²) in [5.41, 5.74) is 1.11. The Morgan fingerprint density at radius 2 is 1.88 bits per heavy atom. The molecule has 0 fully saturated rings. The van der Waals surface area contributed by atoms with Crippen molar-refractivity contribution in [2.24, 2.45) is 0 Å². The van der Waals surface area contributed by atoms with Gasteiger partial charge in [0.2, 0.25) is 0 Å². The van der Waals surface area contributed by atoms with E-state index in [9.17, 15) is 9.59 Å². The maximum atomic E-state index is 11.2. The molecule has 92 valence electrons. The summed E-state index contributed by atoms with van der Waals surface area (Å²) in [6.45, 7) is 2.01. The summed E-state index contributed by atoms with van der Waals surface area (Å²) < 4.78 is 0. The molecule has 1 rings (SSSR count). The van der Waals surface area contributed by atoms with Crippen LogP contribution in [0.25, 0.3) is 0 Å². The first-order chi connectivity index (χ1) is 7.99. The number of carboxylic acids is 1. The molecule has 0 aliphatic heterocycles. The maximum Gasteiger partial charge on any atom is 0.310 e. The van der Waals surface area contributed by atoms with Crippen LogP contribution in [0.5, 0.6) is 0 Å². The zero-order valence-electron chi connectivity index (χ0n) is 9.65. The molecule has 0 aliphatic rings. The van der Waals surface area contributed by atoms with Crippen molar-refractivity contribution in [3.8, 4) is 0 Å². The van der Waals surface area contributed by atoms with Gasteiger partial charge in [-0.3, -0.25) is 9.59 Å². The summed E-state index contributed by atoms with van der Waals surface area (Å²) >= 11 is 5.78. The van der Waals surface area contributed by atoms with Crippen LogP contribution >= 0.6 is 11.6 Å². The molecule has 1 atom stereocenters. The van der Waals surface area contributed by atoms with E-state index in [0.29, 0.717) is 17.9 Å². The normalized spacial score (nSPS) is 12.1. The Balaban J connectivity index is 2.44. The fourth-order valence-electron chi connectivity index (χ4n) is 1.59. The molecule has 1 aromatic carbocycles. The Labute approximate surface area is 105 Å². The molecule has 0 aromatic heterocycles. The smallest absolute Gasteiger partial charge is 0.310 e. The largest absolute Gasteiger partial charge is 0.481 e. The number of aliphatic carboxylic acids is 1. The summed E-state index contributed by atoms with van der Waals surface area (Å²) in [4.78, 5) is 21.6. The van der Waals surface area contributed by atoms with Crippen LogP contribution in [0.2, 0.25) is 5.02 Å². The molecule has 1 unspecified atom stereocenters. The number of hydrogen-bond acceptors (Lipinski definition) is 2. The van der Waals surface area contributed by atoms with Gasteiger partial charge in [0.1, 0.15) is 12.2 Å².